The van der Waals surface area contributed by atoms with Gasteiger partial charge in [-0.05, 0) is 24.3 Å². The molecule has 1 heterocycles. The molecular weight excluding hydrogens is 383 g/mol. The lowest BCUT2D eigenvalue weighted by Crippen LogP contribution is -2.43. The van der Waals surface area contributed by atoms with E-state index in [1.165, 1.54) is 24.3 Å². The number of aryl methyl sites for hydroxylation is 1. The van der Waals surface area contributed by atoms with Crippen molar-refractivity contribution in [2.45, 2.75) is 0 Å². The summed E-state index contributed by atoms with van der Waals surface area (Å²) in [5.41, 5.74) is 1.97. The smallest absolute Gasteiger partial charge is 0.418 e. The highest BCUT2D eigenvalue weighted by atomic mass is 19.5. The van der Waals surface area contributed by atoms with E-state index in [0.717, 1.165) is 10.9 Å². The number of halogens is 4. The van der Waals surface area contributed by atoms with Crippen molar-refractivity contribution in [2.24, 2.45) is 14.1 Å². The molecule has 1 N–H and O–H groups in total. The van der Waals surface area contributed by atoms with Crippen molar-refractivity contribution in [2.75, 3.05) is 5.32 Å². The summed E-state index contributed by atoms with van der Waals surface area (Å²) in [5.74, 6) is -0.266. The molecule has 1 aromatic heterocycles. The highest BCUT2D eigenvalue weighted by Crippen LogP contribution is 2.19. The van der Waals surface area contributed by atoms with Gasteiger partial charge in [0.15, 0.2) is 7.05 Å². The number of aromatic nitrogens is 2. The molecule has 7 nitrogen and oxygen atoms in total. The monoisotopic (exact) mass is 398 g/mol. The SMILES string of the molecule is Cn1c2ccccc2c(C(=O)Nc2ccc([N+](=O)[O-])cc2)[n+]1C.F[B-](F)(F)F. The van der Waals surface area contributed by atoms with Crippen LogP contribution in [0.2, 0.25) is 0 Å². The molecule has 0 unspecified atom stereocenters. The van der Waals surface area contributed by atoms with Gasteiger partial charge in [-0.25, -0.2) is 0 Å². The van der Waals surface area contributed by atoms with Gasteiger partial charge >= 0.3 is 18.9 Å². The van der Waals surface area contributed by atoms with Gasteiger partial charge in [0.25, 0.3) is 5.69 Å². The Bertz CT molecular complexity index is 1010. The average molecular weight is 398 g/mol. The molecule has 1 amide bonds. The van der Waals surface area contributed by atoms with E-state index >= 15 is 0 Å². The maximum absolute atomic E-state index is 12.6. The van der Waals surface area contributed by atoms with Crippen molar-refractivity contribution in [3.63, 3.8) is 0 Å². The number of carbonyl (C=O) groups is 1. The van der Waals surface area contributed by atoms with Crippen molar-refractivity contribution >= 4 is 35.4 Å². The Morgan fingerprint density at radius 3 is 2.18 bits per heavy atom. The molecule has 0 fully saturated rings. The third-order valence-electron chi connectivity index (χ3n) is 3.83. The second-order valence-electron chi connectivity index (χ2n) is 5.67. The number of nitro benzene ring substituents is 1. The standard InChI is InChI=1S/C16H14N4O3.BF4/c1-18-14-6-4-3-5-13(14)15(19(18)2)16(21)17-11-7-9-12(10-8-11)20(22)23;2-1(3,4)5/h3-10H,1-2H3;/q;-1/p+1. The summed E-state index contributed by atoms with van der Waals surface area (Å²) in [5, 5.41) is 14.3. The molecule has 0 atom stereocenters. The Balaban J connectivity index is 0.000000500. The summed E-state index contributed by atoms with van der Waals surface area (Å²) in [6.07, 6.45) is 0. The number of carbonyl (C=O) groups excluding carboxylic acids is 1. The average Bonchev–Trinajstić information content (AvgIpc) is 2.85. The van der Waals surface area contributed by atoms with E-state index in [1.807, 2.05) is 43.0 Å². The number of hydrogen-bond acceptors (Lipinski definition) is 3. The minimum absolute atomic E-state index is 0.0151. The lowest BCUT2D eigenvalue weighted by Gasteiger charge is -2.02. The number of benzene rings is 2. The zero-order valence-corrected chi connectivity index (χ0v) is 14.8. The molecule has 0 saturated carbocycles. The Morgan fingerprint density at radius 2 is 1.64 bits per heavy atom. The highest BCUT2D eigenvalue weighted by molar-refractivity contribution is 6.50. The van der Waals surface area contributed by atoms with Crippen LogP contribution in [0.5, 0.6) is 0 Å². The number of nitrogens with zero attached hydrogens (tertiary/aromatic N) is 3. The Hall–Kier alpha value is -3.44. The molecule has 0 saturated heterocycles. The maximum atomic E-state index is 12.6. The van der Waals surface area contributed by atoms with Crippen LogP contribution in [-0.4, -0.2) is 22.8 Å². The number of fused-ring (bicyclic) bond motifs is 1. The van der Waals surface area contributed by atoms with Crippen LogP contribution in [0.1, 0.15) is 10.5 Å². The minimum atomic E-state index is -6.00. The number of nitrogens with one attached hydrogen (secondary N) is 1. The lowest BCUT2D eigenvalue weighted by molar-refractivity contribution is -0.750. The third-order valence-corrected chi connectivity index (χ3v) is 3.83. The van der Waals surface area contributed by atoms with Crippen molar-refractivity contribution in [3.05, 3.63) is 64.3 Å². The van der Waals surface area contributed by atoms with E-state index < -0.39 is 12.2 Å². The number of anilines is 1. The first-order valence-electron chi connectivity index (χ1n) is 7.86. The summed E-state index contributed by atoms with van der Waals surface area (Å²) in [7, 11) is -2.31. The van der Waals surface area contributed by atoms with Gasteiger partial charge in [0.1, 0.15) is 5.52 Å². The summed E-state index contributed by atoms with van der Waals surface area (Å²) in [6.45, 7) is 0. The molecule has 0 aliphatic rings. The molecule has 0 radical (unpaired) electrons. The fourth-order valence-electron chi connectivity index (χ4n) is 2.57. The van der Waals surface area contributed by atoms with Gasteiger partial charge < -0.3 is 22.6 Å². The molecular formula is C16H15BF4N4O3. The lowest BCUT2D eigenvalue weighted by atomic mass is 10.2. The van der Waals surface area contributed by atoms with E-state index in [2.05, 4.69) is 5.32 Å². The van der Waals surface area contributed by atoms with E-state index in [0.29, 0.717) is 11.4 Å². The van der Waals surface area contributed by atoms with Gasteiger partial charge in [0, 0.05) is 17.8 Å². The summed E-state index contributed by atoms with van der Waals surface area (Å²) in [6, 6.07) is 13.4. The second kappa shape index (κ2) is 8.07. The molecule has 12 heteroatoms. The van der Waals surface area contributed by atoms with Crippen molar-refractivity contribution in [1.82, 2.24) is 4.68 Å². The molecule has 0 bridgehead atoms. The van der Waals surface area contributed by atoms with Crippen LogP contribution in [0.4, 0.5) is 28.6 Å². The molecule has 0 aliphatic carbocycles. The summed E-state index contributed by atoms with van der Waals surface area (Å²) >= 11 is 0. The van der Waals surface area contributed by atoms with Crippen LogP contribution in [0.15, 0.2) is 48.5 Å². The van der Waals surface area contributed by atoms with Crippen LogP contribution in [0.3, 0.4) is 0 Å². The van der Waals surface area contributed by atoms with Gasteiger partial charge in [-0.3, -0.25) is 14.9 Å². The summed E-state index contributed by atoms with van der Waals surface area (Å²) in [4.78, 5) is 22.8. The first kappa shape index (κ1) is 20.9. The predicted octanol–water partition coefficient (Wildman–Crippen LogP) is 3.46. The van der Waals surface area contributed by atoms with E-state index in [9.17, 15) is 32.2 Å². The number of nitro groups is 1. The van der Waals surface area contributed by atoms with Crippen molar-refractivity contribution in [1.29, 1.82) is 0 Å². The quantitative estimate of drug-likeness (QED) is 0.241. The van der Waals surface area contributed by atoms with Crippen LogP contribution in [-0.2, 0) is 14.1 Å². The third kappa shape index (κ3) is 5.05. The first-order valence-corrected chi connectivity index (χ1v) is 7.86. The number of hydrogen-bond donors (Lipinski definition) is 1. The first-order chi connectivity index (χ1) is 13.0. The van der Waals surface area contributed by atoms with Gasteiger partial charge in [0.2, 0.25) is 0 Å². The topological polar surface area (TPSA) is 81.0 Å². The number of para-hydroxylation sites is 1. The van der Waals surface area contributed by atoms with Gasteiger partial charge in [-0.2, -0.15) is 4.68 Å². The zero-order valence-electron chi connectivity index (χ0n) is 14.8. The van der Waals surface area contributed by atoms with E-state index in [4.69, 9.17) is 0 Å². The minimum Gasteiger partial charge on any atom is -0.418 e. The van der Waals surface area contributed by atoms with Crippen molar-refractivity contribution < 1.29 is 31.7 Å². The van der Waals surface area contributed by atoms with Crippen LogP contribution >= 0.6 is 0 Å². The normalized spacial score (nSPS) is 10.9. The molecule has 2 aromatic carbocycles. The second-order valence-corrected chi connectivity index (χ2v) is 5.67. The number of rotatable bonds is 3. The zero-order chi connectivity index (χ0) is 21.1. The van der Waals surface area contributed by atoms with E-state index in [-0.39, 0.29) is 11.6 Å². The fraction of sp³-hybridized carbons (Fsp3) is 0.125. The molecule has 0 spiro atoms. The fourth-order valence-corrected chi connectivity index (χ4v) is 2.57. The van der Waals surface area contributed by atoms with Gasteiger partial charge in [-0.15, -0.1) is 4.68 Å². The Morgan fingerprint density at radius 1 is 1.11 bits per heavy atom. The molecule has 3 rings (SSSR count). The number of amides is 1. The predicted molar refractivity (Wildman–Crippen MR) is 95.3 cm³/mol. The Labute approximate surface area is 156 Å². The van der Waals surface area contributed by atoms with Crippen molar-refractivity contribution in [3.8, 4) is 0 Å². The largest absolute Gasteiger partial charge is 0.673 e. The maximum Gasteiger partial charge on any atom is 0.673 e. The van der Waals surface area contributed by atoms with E-state index in [1.54, 1.807) is 4.68 Å². The van der Waals surface area contributed by atoms with Gasteiger partial charge in [-0.1, -0.05) is 12.1 Å². The summed E-state index contributed by atoms with van der Waals surface area (Å²) < 4.78 is 42.7. The van der Waals surface area contributed by atoms with Crippen LogP contribution in [0, 0.1) is 10.1 Å². The van der Waals surface area contributed by atoms with Crippen LogP contribution in [0.25, 0.3) is 10.9 Å². The molecule has 3 aromatic rings. The molecule has 28 heavy (non-hydrogen) atoms. The van der Waals surface area contributed by atoms with Crippen LogP contribution < -0.4 is 10.00 Å². The number of non-ortho nitro benzene ring substituents is 1. The molecule has 148 valence electrons. The Kier molecular flexibility index (Phi) is 6.01. The molecule has 0 aliphatic heterocycles. The van der Waals surface area contributed by atoms with Gasteiger partial charge in [0.05, 0.1) is 17.4 Å². The highest BCUT2D eigenvalue weighted by Gasteiger charge is 2.26.